The van der Waals surface area contributed by atoms with E-state index < -0.39 is 0 Å². The predicted molar refractivity (Wildman–Crippen MR) is 94.5 cm³/mol. The van der Waals surface area contributed by atoms with Crippen LogP contribution in [0.2, 0.25) is 0 Å². The number of fused-ring (bicyclic) bond motifs is 1. The van der Waals surface area contributed by atoms with Crippen molar-refractivity contribution in [3.05, 3.63) is 69.1 Å². The second-order valence-corrected chi connectivity index (χ2v) is 6.45. The third-order valence-electron chi connectivity index (χ3n) is 3.28. The van der Waals surface area contributed by atoms with Crippen LogP contribution in [0.25, 0.3) is 10.8 Å². The summed E-state index contributed by atoms with van der Waals surface area (Å²) in [5.74, 6) is 0.691. The number of halogens is 2. The Morgan fingerprint density at radius 3 is 2.48 bits per heavy atom. The van der Waals surface area contributed by atoms with Crippen molar-refractivity contribution in [2.75, 3.05) is 5.73 Å². The van der Waals surface area contributed by atoms with Crippen molar-refractivity contribution in [2.24, 2.45) is 0 Å². The van der Waals surface area contributed by atoms with E-state index in [1.54, 1.807) is 0 Å². The Morgan fingerprint density at radius 1 is 0.952 bits per heavy atom. The quantitative estimate of drug-likeness (QED) is 0.580. The minimum absolute atomic E-state index is 0.497. The molecule has 0 amide bonds. The van der Waals surface area contributed by atoms with Crippen molar-refractivity contribution >= 4 is 48.3 Å². The molecular formula is C17H13Br2NO. The largest absolute Gasteiger partial charge is 0.487 e. The summed E-state index contributed by atoms with van der Waals surface area (Å²) in [5.41, 5.74) is 7.91. The Hall–Kier alpha value is -1.52. The predicted octanol–water partition coefficient (Wildman–Crippen LogP) is 5.53. The van der Waals surface area contributed by atoms with Crippen LogP contribution in [-0.4, -0.2) is 0 Å². The van der Waals surface area contributed by atoms with E-state index >= 15 is 0 Å². The summed E-state index contributed by atoms with van der Waals surface area (Å²) in [5, 5.41) is 2.15. The highest BCUT2D eigenvalue weighted by Gasteiger charge is 2.10. The third-order valence-corrected chi connectivity index (χ3v) is 4.62. The molecule has 0 aromatic heterocycles. The smallest absolute Gasteiger partial charge is 0.144 e. The summed E-state index contributed by atoms with van der Waals surface area (Å²) >= 11 is 7.05. The summed E-state index contributed by atoms with van der Waals surface area (Å²) in [7, 11) is 0. The van der Waals surface area contributed by atoms with Crippen LogP contribution in [0.3, 0.4) is 0 Å². The molecule has 0 heterocycles. The molecule has 21 heavy (non-hydrogen) atoms. The van der Waals surface area contributed by atoms with Gasteiger partial charge >= 0.3 is 0 Å². The molecule has 0 aliphatic heterocycles. The molecule has 2 nitrogen and oxygen atoms in total. The number of anilines is 1. The second-order valence-electron chi connectivity index (χ2n) is 4.74. The SMILES string of the molecule is Nc1c(OCc2ccccc2)cc2cc(Br)ccc2c1Br. The van der Waals surface area contributed by atoms with Gasteiger partial charge in [-0.1, -0.05) is 52.3 Å². The van der Waals surface area contributed by atoms with E-state index in [1.165, 1.54) is 0 Å². The maximum atomic E-state index is 6.17. The molecular weight excluding hydrogens is 394 g/mol. The van der Waals surface area contributed by atoms with Gasteiger partial charge in [-0.05, 0) is 50.5 Å². The van der Waals surface area contributed by atoms with Gasteiger partial charge in [-0.25, -0.2) is 0 Å². The maximum absolute atomic E-state index is 6.17. The zero-order valence-corrected chi connectivity index (χ0v) is 14.3. The van der Waals surface area contributed by atoms with Crippen LogP contribution in [0, 0.1) is 0 Å². The number of ether oxygens (including phenoxy) is 1. The highest BCUT2D eigenvalue weighted by Crippen LogP contribution is 2.38. The molecule has 0 radical (unpaired) electrons. The van der Waals surface area contributed by atoms with E-state index in [4.69, 9.17) is 10.5 Å². The molecule has 3 rings (SSSR count). The molecule has 0 saturated heterocycles. The monoisotopic (exact) mass is 405 g/mol. The molecule has 0 aliphatic carbocycles. The summed E-state index contributed by atoms with van der Waals surface area (Å²) < 4.78 is 7.78. The molecule has 2 N–H and O–H groups in total. The van der Waals surface area contributed by atoms with E-state index in [1.807, 2.05) is 48.5 Å². The first-order valence-corrected chi connectivity index (χ1v) is 8.08. The lowest BCUT2D eigenvalue weighted by atomic mass is 10.1. The fraction of sp³-hybridized carbons (Fsp3) is 0.0588. The van der Waals surface area contributed by atoms with Crippen molar-refractivity contribution < 1.29 is 4.74 Å². The van der Waals surface area contributed by atoms with Gasteiger partial charge < -0.3 is 10.5 Å². The minimum Gasteiger partial charge on any atom is -0.487 e. The zero-order chi connectivity index (χ0) is 14.8. The molecule has 0 atom stereocenters. The average Bonchev–Trinajstić information content (AvgIpc) is 2.50. The van der Waals surface area contributed by atoms with Crippen LogP contribution >= 0.6 is 31.9 Å². The van der Waals surface area contributed by atoms with Crippen LogP contribution in [0.15, 0.2) is 63.5 Å². The fourth-order valence-electron chi connectivity index (χ4n) is 2.18. The maximum Gasteiger partial charge on any atom is 0.144 e. The van der Waals surface area contributed by atoms with Crippen LogP contribution in [0.1, 0.15) is 5.56 Å². The number of benzene rings is 3. The first kappa shape index (κ1) is 14.4. The Morgan fingerprint density at radius 2 is 1.71 bits per heavy atom. The number of nitrogens with two attached hydrogens (primary N) is 1. The second kappa shape index (κ2) is 6.08. The van der Waals surface area contributed by atoms with Crippen molar-refractivity contribution in [3.63, 3.8) is 0 Å². The lowest BCUT2D eigenvalue weighted by Crippen LogP contribution is -1.99. The van der Waals surface area contributed by atoms with Crippen molar-refractivity contribution in [1.29, 1.82) is 0 Å². The molecule has 3 aromatic rings. The molecule has 4 heteroatoms. The van der Waals surface area contributed by atoms with Gasteiger partial charge in [0.1, 0.15) is 12.4 Å². The van der Waals surface area contributed by atoms with Gasteiger partial charge in [-0.3, -0.25) is 0 Å². The normalized spacial score (nSPS) is 10.8. The van der Waals surface area contributed by atoms with Gasteiger partial charge in [0.05, 0.1) is 10.2 Å². The molecule has 106 valence electrons. The van der Waals surface area contributed by atoms with Crippen LogP contribution in [0.5, 0.6) is 5.75 Å². The van der Waals surface area contributed by atoms with E-state index in [2.05, 4.69) is 37.9 Å². The van der Waals surface area contributed by atoms with Crippen molar-refractivity contribution in [3.8, 4) is 5.75 Å². The molecule has 0 aliphatic rings. The molecule has 0 unspecified atom stereocenters. The Labute approximate surface area is 140 Å². The number of nitrogen functional groups attached to an aromatic ring is 1. The average molecular weight is 407 g/mol. The standard InChI is InChI=1S/C17H13Br2NO/c18-13-6-7-14-12(8-13)9-15(17(20)16(14)19)21-10-11-4-2-1-3-5-11/h1-9H,10,20H2. The number of rotatable bonds is 3. The highest BCUT2D eigenvalue weighted by molar-refractivity contribution is 9.11. The third kappa shape index (κ3) is 3.06. The number of hydrogen-bond acceptors (Lipinski definition) is 2. The Balaban J connectivity index is 1.96. The van der Waals surface area contributed by atoms with E-state index in [9.17, 15) is 0 Å². The van der Waals surface area contributed by atoms with Crippen molar-refractivity contribution in [2.45, 2.75) is 6.61 Å². The van der Waals surface area contributed by atoms with Crippen LogP contribution in [-0.2, 0) is 6.61 Å². The van der Waals surface area contributed by atoms with E-state index in [0.717, 1.165) is 25.3 Å². The van der Waals surface area contributed by atoms with Gasteiger partial charge in [0.15, 0.2) is 0 Å². The molecule has 0 bridgehead atoms. The highest BCUT2D eigenvalue weighted by atomic mass is 79.9. The zero-order valence-electron chi connectivity index (χ0n) is 11.1. The summed E-state index contributed by atoms with van der Waals surface area (Å²) in [6.45, 7) is 0.497. The van der Waals surface area contributed by atoms with Gasteiger partial charge in [-0.2, -0.15) is 0 Å². The minimum atomic E-state index is 0.497. The molecule has 3 aromatic carbocycles. The Bertz CT molecular complexity index is 788. The fourth-order valence-corrected chi connectivity index (χ4v) is 3.12. The molecule has 0 spiro atoms. The first-order chi connectivity index (χ1) is 10.1. The van der Waals surface area contributed by atoms with Crippen LogP contribution < -0.4 is 10.5 Å². The van der Waals surface area contributed by atoms with Gasteiger partial charge in [0.25, 0.3) is 0 Å². The van der Waals surface area contributed by atoms with Crippen LogP contribution in [0.4, 0.5) is 5.69 Å². The van der Waals surface area contributed by atoms with E-state index in [-0.39, 0.29) is 0 Å². The summed E-state index contributed by atoms with van der Waals surface area (Å²) in [4.78, 5) is 0. The summed E-state index contributed by atoms with van der Waals surface area (Å²) in [6, 6.07) is 18.1. The topological polar surface area (TPSA) is 35.2 Å². The Kier molecular flexibility index (Phi) is 4.17. The van der Waals surface area contributed by atoms with E-state index in [0.29, 0.717) is 18.0 Å². The summed E-state index contributed by atoms with van der Waals surface area (Å²) in [6.07, 6.45) is 0. The molecule has 0 fully saturated rings. The first-order valence-electron chi connectivity index (χ1n) is 6.49. The van der Waals surface area contributed by atoms with Gasteiger partial charge in [0, 0.05) is 4.47 Å². The van der Waals surface area contributed by atoms with Gasteiger partial charge in [-0.15, -0.1) is 0 Å². The van der Waals surface area contributed by atoms with Gasteiger partial charge in [0.2, 0.25) is 0 Å². The van der Waals surface area contributed by atoms with Crippen molar-refractivity contribution in [1.82, 2.24) is 0 Å². The lowest BCUT2D eigenvalue weighted by Gasteiger charge is -2.13. The lowest BCUT2D eigenvalue weighted by molar-refractivity contribution is 0.308. The molecule has 0 saturated carbocycles. The number of hydrogen-bond donors (Lipinski definition) is 1.